The number of carbonyl (C=O) groups is 2. The molecule has 6 nitrogen and oxygen atoms in total. The molecule has 8 heteroatoms. The molecule has 0 bridgehead atoms. The number of thioether (sulfide) groups is 2. The zero-order chi connectivity index (χ0) is 19.8. The third-order valence-corrected chi connectivity index (χ3v) is 7.72. The van der Waals surface area contributed by atoms with Crippen LogP contribution in [0.1, 0.15) is 19.4 Å². The molecule has 27 heavy (non-hydrogen) atoms. The Labute approximate surface area is 167 Å². The van der Waals surface area contributed by atoms with Crippen LogP contribution in [0, 0.1) is 0 Å². The van der Waals surface area contributed by atoms with Crippen molar-refractivity contribution >= 4 is 41.7 Å². The largest absolute Gasteiger partial charge is 0.480 e. The average Bonchev–Trinajstić information content (AvgIpc) is 2.90. The molecule has 3 atom stereocenters. The molecule has 3 rings (SSSR count). The van der Waals surface area contributed by atoms with E-state index in [2.05, 4.69) is 0 Å². The van der Waals surface area contributed by atoms with E-state index in [1.807, 2.05) is 50.4 Å². The van der Waals surface area contributed by atoms with Crippen molar-refractivity contribution in [2.45, 2.75) is 34.9 Å². The normalized spacial score (nSPS) is 30.2. The fourth-order valence-electron chi connectivity index (χ4n) is 3.52. The molecule has 2 saturated heterocycles. The summed E-state index contributed by atoms with van der Waals surface area (Å²) in [6.07, 6.45) is 5.07. The first-order chi connectivity index (χ1) is 12.8. The number of esters is 1. The van der Waals surface area contributed by atoms with Crippen LogP contribution in [0.15, 0.2) is 47.1 Å². The Balaban J connectivity index is 2.07. The van der Waals surface area contributed by atoms with Gasteiger partial charge in [0.2, 0.25) is 0 Å². The standard InChI is InChI=1S/C19H22N2O4S2/c1-18(2)15(16(23)24)21-13(10-14(22)25-3)19(26-4,17(21)27-18)20-11-12-8-6-5-7-9-12/h5-11,15,17H,1-4H3,(H,23,24)/b13-10-,20-11?/t15-,17+,19-/m0/s1. The van der Waals surface area contributed by atoms with Crippen molar-refractivity contribution in [3.05, 3.63) is 47.7 Å². The van der Waals surface area contributed by atoms with Crippen molar-refractivity contribution in [1.29, 1.82) is 0 Å². The molecule has 0 spiro atoms. The smallest absolute Gasteiger partial charge is 0.332 e. The zero-order valence-electron chi connectivity index (χ0n) is 15.6. The second-order valence-electron chi connectivity index (χ2n) is 6.84. The van der Waals surface area contributed by atoms with Crippen molar-refractivity contribution in [3.8, 4) is 0 Å². The molecule has 1 aromatic carbocycles. The summed E-state index contributed by atoms with van der Waals surface area (Å²) in [5.74, 6) is -1.43. The van der Waals surface area contributed by atoms with E-state index in [4.69, 9.17) is 9.73 Å². The molecule has 2 aliphatic heterocycles. The predicted octanol–water partition coefficient (Wildman–Crippen LogP) is 2.84. The summed E-state index contributed by atoms with van der Waals surface area (Å²) in [6, 6.07) is 8.95. The van der Waals surface area contributed by atoms with E-state index in [9.17, 15) is 14.7 Å². The van der Waals surface area contributed by atoms with Crippen molar-refractivity contribution in [2.24, 2.45) is 4.99 Å². The fraction of sp³-hybridized carbons (Fsp3) is 0.421. The van der Waals surface area contributed by atoms with E-state index in [0.717, 1.165) is 5.56 Å². The second-order valence-corrected chi connectivity index (χ2v) is 9.61. The minimum atomic E-state index is -0.910. The van der Waals surface area contributed by atoms with Crippen LogP contribution in [0.3, 0.4) is 0 Å². The minimum absolute atomic E-state index is 0.181. The maximum absolute atomic E-state index is 12.0. The topological polar surface area (TPSA) is 79.2 Å². The highest BCUT2D eigenvalue weighted by Crippen LogP contribution is 2.63. The third kappa shape index (κ3) is 3.25. The van der Waals surface area contributed by atoms with Crippen LogP contribution in [0.4, 0.5) is 0 Å². The lowest BCUT2D eigenvalue weighted by atomic mass is 9.93. The Kier molecular flexibility index (Phi) is 5.31. The third-order valence-electron chi connectivity index (χ3n) is 4.79. The average molecular weight is 407 g/mol. The predicted molar refractivity (Wildman–Crippen MR) is 109 cm³/mol. The number of benzene rings is 1. The highest BCUT2D eigenvalue weighted by atomic mass is 32.2. The van der Waals surface area contributed by atoms with Gasteiger partial charge in [0, 0.05) is 17.0 Å². The van der Waals surface area contributed by atoms with Crippen molar-refractivity contribution < 1.29 is 19.4 Å². The molecular formula is C19H22N2O4S2. The van der Waals surface area contributed by atoms with Gasteiger partial charge in [-0.25, -0.2) is 9.59 Å². The Morgan fingerprint density at radius 2 is 2.00 bits per heavy atom. The van der Waals surface area contributed by atoms with Gasteiger partial charge >= 0.3 is 11.9 Å². The first-order valence-electron chi connectivity index (χ1n) is 8.41. The van der Waals surface area contributed by atoms with Crippen molar-refractivity contribution in [1.82, 2.24) is 4.90 Å². The Morgan fingerprint density at radius 1 is 1.33 bits per heavy atom. The van der Waals surface area contributed by atoms with Gasteiger partial charge in [-0.05, 0) is 25.7 Å². The number of carbonyl (C=O) groups excluding carboxylic acids is 1. The van der Waals surface area contributed by atoms with Crippen LogP contribution in [0.2, 0.25) is 0 Å². The Morgan fingerprint density at radius 3 is 2.56 bits per heavy atom. The monoisotopic (exact) mass is 406 g/mol. The van der Waals surface area contributed by atoms with Gasteiger partial charge < -0.3 is 14.7 Å². The minimum Gasteiger partial charge on any atom is -0.480 e. The lowest BCUT2D eigenvalue weighted by molar-refractivity contribution is -0.145. The number of carboxylic acid groups (broad SMARTS) is 1. The summed E-state index contributed by atoms with van der Waals surface area (Å²) >= 11 is 3.08. The quantitative estimate of drug-likeness (QED) is 0.458. The number of methoxy groups -OCH3 is 1. The maximum atomic E-state index is 12.0. The number of hydrogen-bond donors (Lipinski definition) is 1. The van der Waals surface area contributed by atoms with E-state index in [-0.39, 0.29) is 5.37 Å². The fourth-order valence-corrected chi connectivity index (χ4v) is 6.41. The van der Waals surface area contributed by atoms with Crippen LogP contribution in [-0.2, 0) is 14.3 Å². The first kappa shape index (κ1) is 19.8. The molecule has 2 heterocycles. The highest BCUT2D eigenvalue weighted by Gasteiger charge is 2.68. The van der Waals surface area contributed by atoms with Crippen LogP contribution in [0.5, 0.6) is 0 Å². The van der Waals surface area contributed by atoms with Crippen LogP contribution >= 0.6 is 23.5 Å². The molecule has 144 valence electrons. The molecule has 0 aromatic heterocycles. The number of rotatable bonds is 5. The summed E-state index contributed by atoms with van der Waals surface area (Å²) < 4.78 is 4.27. The van der Waals surface area contributed by atoms with Crippen LogP contribution < -0.4 is 0 Å². The van der Waals surface area contributed by atoms with Gasteiger partial charge in [-0.3, -0.25) is 4.99 Å². The lowest BCUT2D eigenvalue weighted by Crippen LogP contribution is -2.65. The number of aliphatic imine (C=N–C) groups is 1. The molecule has 0 amide bonds. The Bertz CT molecular complexity index is 809. The second kappa shape index (κ2) is 7.24. The van der Waals surface area contributed by atoms with Gasteiger partial charge in [0.15, 0.2) is 4.87 Å². The van der Waals surface area contributed by atoms with Gasteiger partial charge in [-0.15, -0.1) is 23.5 Å². The molecule has 1 aromatic rings. The van der Waals surface area contributed by atoms with Crippen LogP contribution in [-0.4, -0.2) is 62.6 Å². The molecule has 0 aliphatic carbocycles. The van der Waals surface area contributed by atoms with Gasteiger partial charge in [0.25, 0.3) is 0 Å². The SMILES string of the molecule is COC(=O)/C=C1\N2[C@@H](C(=O)O)C(C)(C)S[C@@H]2[C@@]1(N=Cc1ccccc1)SC. The zero-order valence-corrected chi connectivity index (χ0v) is 17.2. The van der Waals surface area contributed by atoms with E-state index in [0.29, 0.717) is 5.70 Å². The van der Waals surface area contributed by atoms with E-state index >= 15 is 0 Å². The van der Waals surface area contributed by atoms with Gasteiger partial charge in [-0.1, -0.05) is 30.3 Å². The first-order valence-corrected chi connectivity index (χ1v) is 10.5. The number of carboxylic acids is 1. The summed E-state index contributed by atoms with van der Waals surface area (Å²) in [5.41, 5.74) is 1.52. The van der Waals surface area contributed by atoms with Crippen molar-refractivity contribution in [2.75, 3.05) is 13.4 Å². The molecule has 2 aliphatic rings. The summed E-state index contributed by atoms with van der Waals surface area (Å²) in [5, 5.41) is 9.61. The van der Waals surface area contributed by atoms with Crippen molar-refractivity contribution in [3.63, 3.8) is 0 Å². The molecular weight excluding hydrogens is 384 g/mol. The summed E-state index contributed by atoms with van der Waals surface area (Å²) in [4.78, 5) is 29.8. The van der Waals surface area contributed by atoms with E-state index in [1.54, 1.807) is 22.9 Å². The van der Waals surface area contributed by atoms with Gasteiger partial charge in [0.05, 0.1) is 12.8 Å². The maximum Gasteiger partial charge on any atom is 0.332 e. The molecule has 1 N–H and O–H groups in total. The number of nitrogens with zero attached hydrogens (tertiary/aromatic N) is 2. The van der Waals surface area contributed by atoms with E-state index in [1.165, 1.54) is 24.9 Å². The molecule has 0 saturated carbocycles. The van der Waals surface area contributed by atoms with Gasteiger partial charge in [0.1, 0.15) is 11.4 Å². The molecule has 2 fully saturated rings. The number of hydrogen-bond acceptors (Lipinski definition) is 7. The van der Waals surface area contributed by atoms with Gasteiger partial charge in [-0.2, -0.15) is 0 Å². The molecule has 0 radical (unpaired) electrons. The molecule has 0 unspecified atom stereocenters. The Hall–Kier alpha value is -1.93. The highest BCUT2D eigenvalue weighted by molar-refractivity contribution is 8.05. The number of ether oxygens (including phenoxy) is 1. The summed E-state index contributed by atoms with van der Waals surface area (Å²) in [6.45, 7) is 3.83. The lowest BCUT2D eigenvalue weighted by Gasteiger charge is -2.54. The van der Waals surface area contributed by atoms with E-state index < -0.39 is 27.6 Å². The number of fused-ring (bicyclic) bond motifs is 1. The summed E-state index contributed by atoms with van der Waals surface area (Å²) in [7, 11) is 1.31. The van der Waals surface area contributed by atoms with Crippen LogP contribution in [0.25, 0.3) is 0 Å². The number of aliphatic carboxylic acids is 1.